The number of benzene rings is 1. The van der Waals surface area contributed by atoms with Gasteiger partial charge in [-0.1, -0.05) is 12.1 Å². The summed E-state index contributed by atoms with van der Waals surface area (Å²) in [7, 11) is 1.79. The van der Waals surface area contributed by atoms with Crippen LogP contribution in [0.1, 0.15) is 32.7 Å². The molecule has 0 fully saturated rings. The van der Waals surface area contributed by atoms with Crippen molar-refractivity contribution in [1.82, 2.24) is 14.5 Å². The Morgan fingerprint density at radius 1 is 1.38 bits per heavy atom. The smallest absolute Gasteiger partial charge is 0.253 e. The molecule has 3 rings (SSSR count). The second kappa shape index (κ2) is 5.52. The third-order valence-corrected chi connectivity index (χ3v) is 3.91. The van der Waals surface area contributed by atoms with Crippen LogP contribution in [0, 0.1) is 0 Å². The van der Waals surface area contributed by atoms with E-state index in [1.165, 1.54) is 0 Å². The third kappa shape index (κ3) is 2.59. The van der Waals surface area contributed by atoms with Crippen LogP contribution >= 0.6 is 0 Å². The van der Waals surface area contributed by atoms with Crippen LogP contribution in [-0.2, 0) is 13.0 Å². The topological polar surface area (TPSA) is 55.2 Å². The van der Waals surface area contributed by atoms with E-state index in [4.69, 9.17) is 0 Å². The molecule has 2 aromatic rings. The van der Waals surface area contributed by atoms with Crippen molar-refractivity contribution >= 4 is 11.7 Å². The average Bonchev–Trinajstić information content (AvgIpc) is 3.14. The lowest BCUT2D eigenvalue weighted by Crippen LogP contribution is -2.30. The minimum Gasteiger partial charge on any atom is -0.340 e. The van der Waals surface area contributed by atoms with Gasteiger partial charge in [-0.05, 0) is 18.1 Å². The molecule has 1 aliphatic rings. The number of hydrogen-bond donors (Lipinski definition) is 0. The van der Waals surface area contributed by atoms with Crippen molar-refractivity contribution in [2.45, 2.75) is 19.4 Å². The maximum Gasteiger partial charge on any atom is 0.253 e. The average molecular weight is 283 g/mol. The standard InChI is InChI=1S/C16H17N3O2/c1-18(9-10-19-8-7-17-11-19)16(21)14-4-2-3-13-12(14)5-6-15(13)20/h2-4,7-8,11H,5-6,9-10H2,1H3. The number of hydrogen-bond acceptors (Lipinski definition) is 3. The number of ketones is 1. The molecule has 0 radical (unpaired) electrons. The van der Waals surface area contributed by atoms with Crippen molar-refractivity contribution in [1.29, 1.82) is 0 Å². The second-order valence-corrected chi connectivity index (χ2v) is 5.28. The number of Topliss-reactive ketones (excluding diaryl/α,β-unsaturated/α-hetero) is 1. The fraction of sp³-hybridized carbons (Fsp3) is 0.312. The predicted molar refractivity (Wildman–Crippen MR) is 78.3 cm³/mol. The zero-order chi connectivity index (χ0) is 14.8. The van der Waals surface area contributed by atoms with Crippen LogP contribution in [0.25, 0.3) is 0 Å². The van der Waals surface area contributed by atoms with E-state index in [0.29, 0.717) is 37.1 Å². The van der Waals surface area contributed by atoms with Gasteiger partial charge in [-0.3, -0.25) is 9.59 Å². The van der Waals surface area contributed by atoms with Crippen LogP contribution in [-0.4, -0.2) is 39.7 Å². The summed E-state index contributed by atoms with van der Waals surface area (Å²) in [6.45, 7) is 1.31. The normalized spacial score (nSPS) is 13.3. The van der Waals surface area contributed by atoms with Crippen LogP contribution < -0.4 is 0 Å². The first-order valence-electron chi connectivity index (χ1n) is 7.03. The number of aromatic nitrogens is 2. The van der Waals surface area contributed by atoms with Crippen LogP contribution in [0.3, 0.4) is 0 Å². The Labute approximate surface area is 123 Å². The first-order chi connectivity index (χ1) is 10.2. The van der Waals surface area contributed by atoms with Crippen LogP contribution in [0.4, 0.5) is 0 Å². The first-order valence-corrected chi connectivity index (χ1v) is 7.03. The molecule has 1 amide bonds. The van der Waals surface area contributed by atoms with Crippen molar-refractivity contribution in [3.8, 4) is 0 Å². The zero-order valence-corrected chi connectivity index (χ0v) is 12.0. The second-order valence-electron chi connectivity index (χ2n) is 5.28. The van der Waals surface area contributed by atoms with Crippen LogP contribution in [0.5, 0.6) is 0 Å². The molecule has 0 unspecified atom stereocenters. The highest BCUT2D eigenvalue weighted by atomic mass is 16.2. The van der Waals surface area contributed by atoms with E-state index in [2.05, 4.69) is 4.98 Å². The molecule has 108 valence electrons. The Balaban J connectivity index is 1.75. The molecule has 21 heavy (non-hydrogen) atoms. The molecular formula is C16H17N3O2. The lowest BCUT2D eigenvalue weighted by Gasteiger charge is -2.19. The summed E-state index contributed by atoms with van der Waals surface area (Å²) >= 11 is 0. The van der Waals surface area contributed by atoms with Crippen molar-refractivity contribution < 1.29 is 9.59 Å². The van der Waals surface area contributed by atoms with Gasteiger partial charge in [-0.15, -0.1) is 0 Å². The molecule has 1 aliphatic carbocycles. The quantitative estimate of drug-likeness (QED) is 0.859. The summed E-state index contributed by atoms with van der Waals surface area (Å²) in [6.07, 6.45) is 6.51. The van der Waals surface area contributed by atoms with Crippen molar-refractivity contribution in [2.75, 3.05) is 13.6 Å². The maximum absolute atomic E-state index is 12.6. The van der Waals surface area contributed by atoms with Gasteiger partial charge < -0.3 is 9.47 Å². The Hall–Kier alpha value is -2.43. The Morgan fingerprint density at radius 3 is 3.00 bits per heavy atom. The Kier molecular flexibility index (Phi) is 3.56. The number of carbonyl (C=O) groups is 2. The van der Waals surface area contributed by atoms with E-state index in [1.807, 2.05) is 22.9 Å². The molecular weight excluding hydrogens is 266 g/mol. The summed E-state index contributed by atoms with van der Waals surface area (Å²) in [5.41, 5.74) is 2.28. The molecule has 5 nitrogen and oxygen atoms in total. The molecule has 0 bridgehead atoms. The monoisotopic (exact) mass is 283 g/mol. The fourth-order valence-corrected chi connectivity index (χ4v) is 2.68. The molecule has 5 heteroatoms. The summed E-state index contributed by atoms with van der Waals surface area (Å²) in [4.78, 5) is 30.0. The van der Waals surface area contributed by atoms with E-state index >= 15 is 0 Å². The van der Waals surface area contributed by atoms with Gasteiger partial charge >= 0.3 is 0 Å². The van der Waals surface area contributed by atoms with Gasteiger partial charge in [0.05, 0.1) is 6.33 Å². The highest BCUT2D eigenvalue weighted by Crippen LogP contribution is 2.26. The first kappa shape index (κ1) is 13.5. The van der Waals surface area contributed by atoms with Gasteiger partial charge in [0, 0.05) is 50.1 Å². The Morgan fingerprint density at radius 2 is 2.24 bits per heavy atom. The molecule has 0 N–H and O–H groups in total. The summed E-state index contributed by atoms with van der Waals surface area (Å²) in [6, 6.07) is 5.42. The molecule has 0 aliphatic heterocycles. The lowest BCUT2D eigenvalue weighted by molar-refractivity contribution is 0.0789. The number of nitrogens with zero attached hydrogens (tertiary/aromatic N) is 3. The number of imidazole rings is 1. The van der Waals surface area contributed by atoms with Gasteiger partial charge in [0.25, 0.3) is 5.91 Å². The van der Waals surface area contributed by atoms with Gasteiger partial charge in [0.2, 0.25) is 0 Å². The summed E-state index contributed by atoms with van der Waals surface area (Å²) in [5, 5.41) is 0. The van der Waals surface area contributed by atoms with E-state index < -0.39 is 0 Å². The SMILES string of the molecule is CN(CCn1ccnc1)C(=O)c1cccc2c1CCC2=O. The maximum atomic E-state index is 12.6. The molecule has 0 saturated heterocycles. The molecule has 0 spiro atoms. The molecule has 1 aromatic carbocycles. The number of likely N-dealkylation sites (N-methyl/N-ethyl adjacent to an activating group) is 1. The van der Waals surface area contributed by atoms with Gasteiger partial charge in [-0.2, -0.15) is 0 Å². The Bertz CT molecular complexity index is 677. The fourth-order valence-electron chi connectivity index (χ4n) is 2.68. The van der Waals surface area contributed by atoms with Crippen molar-refractivity contribution in [3.63, 3.8) is 0 Å². The highest BCUT2D eigenvalue weighted by Gasteiger charge is 2.25. The van der Waals surface area contributed by atoms with Crippen molar-refractivity contribution in [3.05, 3.63) is 53.6 Å². The molecule has 0 saturated carbocycles. The number of carbonyl (C=O) groups excluding carboxylic acids is 2. The molecule has 1 heterocycles. The number of fused-ring (bicyclic) bond motifs is 1. The number of rotatable bonds is 4. The highest BCUT2D eigenvalue weighted by molar-refractivity contribution is 6.05. The predicted octanol–water partition coefficient (Wildman–Crippen LogP) is 1.78. The van der Waals surface area contributed by atoms with E-state index in [1.54, 1.807) is 30.5 Å². The van der Waals surface area contributed by atoms with Crippen LogP contribution in [0.2, 0.25) is 0 Å². The minimum absolute atomic E-state index is 0.0262. The lowest BCUT2D eigenvalue weighted by atomic mass is 10.0. The largest absolute Gasteiger partial charge is 0.340 e. The minimum atomic E-state index is -0.0262. The van der Waals surface area contributed by atoms with Gasteiger partial charge in [0.1, 0.15) is 0 Å². The molecule has 1 aromatic heterocycles. The summed E-state index contributed by atoms with van der Waals surface area (Å²) in [5.74, 6) is 0.113. The van der Waals surface area contributed by atoms with Crippen LogP contribution in [0.15, 0.2) is 36.9 Å². The zero-order valence-electron chi connectivity index (χ0n) is 12.0. The third-order valence-electron chi connectivity index (χ3n) is 3.91. The van der Waals surface area contributed by atoms with Gasteiger partial charge in [0.15, 0.2) is 5.78 Å². The van der Waals surface area contributed by atoms with Crippen molar-refractivity contribution in [2.24, 2.45) is 0 Å². The number of amides is 1. The van der Waals surface area contributed by atoms with E-state index in [0.717, 1.165) is 5.56 Å². The van der Waals surface area contributed by atoms with Gasteiger partial charge in [-0.25, -0.2) is 4.98 Å². The molecule has 0 atom stereocenters. The van der Waals surface area contributed by atoms with E-state index in [-0.39, 0.29) is 11.7 Å². The van der Waals surface area contributed by atoms with E-state index in [9.17, 15) is 9.59 Å². The summed E-state index contributed by atoms with van der Waals surface area (Å²) < 4.78 is 1.93.